The van der Waals surface area contributed by atoms with Gasteiger partial charge >= 0.3 is 0 Å². The minimum atomic E-state index is -0.265. The van der Waals surface area contributed by atoms with Crippen LogP contribution in [0.4, 0.5) is 0 Å². The van der Waals surface area contributed by atoms with E-state index < -0.39 is 0 Å². The molecular weight excluding hydrogens is 210 g/mol. The first-order valence-electron chi connectivity index (χ1n) is 5.87. The van der Waals surface area contributed by atoms with Crippen molar-refractivity contribution < 1.29 is 0 Å². The molecule has 1 aliphatic rings. The second-order valence-electron chi connectivity index (χ2n) is 4.74. The number of rotatable bonds is 2. The molecule has 1 aliphatic carbocycles. The number of nitrogens with zero attached hydrogens (tertiary/aromatic N) is 2. The summed E-state index contributed by atoms with van der Waals surface area (Å²) in [5, 5.41) is 0. The Morgan fingerprint density at radius 3 is 2.65 bits per heavy atom. The van der Waals surface area contributed by atoms with Crippen LogP contribution in [0.3, 0.4) is 0 Å². The lowest BCUT2D eigenvalue weighted by Gasteiger charge is -2.10. The van der Waals surface area contributed by atoms with Crippen molar-refractivity contribution >= 4 is 0 Å². The predicted molar refractivity (Wildman–Crippen MR) is 67.3 cm³/mol. The summed E-state index contributed by atoms with van der Waals surface area (Å²) in [5.74, 6) is 0.776. The van der Waals surface area contributed by atoms with Crippen molar-refractivity contribution in [3.8, 4) is 11.3 Å². The van der Waals surface area contributed by atoms with Gasteiger partial charge in [-0.25, -0.2) is 9.97 Å². The normalized spacial score (nSPS) is 16.8. The second-order valence-corrected chi connectivity index (χ2v) is 4.74. The van der Waals surface area contributed by atoms with Crippen molar-refractivity contribution in [2.24, 2.45) is 5.73 Å². The first-order valence-corrected chi connectivity index (χ1v) is 5.87. The van der Waals surface area contributed by atoms with Crippen molar-refractivity contribution in [2.45, 2.75) is 25.3 Å². The third-order valence-corrected chi connectivity index (χ3v) is 3.31. The highest BCUT2D eigenvalue weighted by molar-refractivity contribution is 5.63. The number of aryl methyl sites for hydroxylation is 1. The van der Waals surface area contributed by atoms with Gasteiger partial charge in [-0.05, 0) is 31.4 Å². The summed E-state index contributed by atoms with van der Waals surface area (Å²) in [4.78, 5) is 8.89. The average molecular weight is 225 g/mol. The Labute approximate surface area is 101 Å². The highest BCUT2D eigenvalue weighted by Crippen LogP contribution is 2.41. The topological polar surface area (TPSA) is 51.8 Å². The van der Waals surface area contributed by atoms with E-state index in [-0.39, 0.29) is 5.54 Å². The van der Waals surface area contributed by atoms with Crippen LogP contribution in [0.15, 0.2) is 36.5 Å². The van der Waals surface area contributed by atoms with Crippen LogP contribution in [0.5, 0.6) is 0 Å². The van der Waals surface area contributed by atoms with Crippen LogP contribution in [0.25, 0.3) is 11.3 Å². The van der Waals surface area contributed by atoms with Gasteiger partial charge in [0, 0.05) is 11.8 Å². The first kappa shape index (κ1) is 10.4. The summed E-state index contributed by atoms with van der Waals surface area (Å²) in [7, 11) is 0. The Hall–Kier alpha value is -1.74. The Morgan fingerprint density at radius 1 is 1.18 bits per heavy atom. The monoisotopic (exact) mass is 225 g/mol. The maximum atomic E-state index is 6.13. The van der Waals surface area contributed by atoms with Crippen molar-refractivity contribution in [3.63, 3.8) is 0 Å². The maximum Gasteiger partial charge on any atom is 0.148 e. The molecule has 3 nitrogen and oxygen atoms in total. The lowest BCUT2D eigenvalue weighted by Crippen LogP contribution is -2.22. The Balaban J connectivity index is 2.07. The van der Waals surface area contributed by atoms with Gasteiger partial charge in [0.1, 0.15) is 5.82 Å². The Bertz CT molecular complexity index is 559. The molecule has 3 heteroatoms. The molecule has 2 N–H and O–H groups in total. The molecule has 0 saturated heterocycles. The standard InChI is InChI=1S/C14H15N3/c1-10-4-2-3-5-11(10)12-6-9-16-13(17-12)14(15)7-8-14/h2-6,9H,7-8,15H2,1H3. The molecule has 0 atom stereocenters. The van der Waals surface area contributed by atoms with Gasteiger partial charge in [0.25, 0.3) is 0 Å². The zero-order chi connectivity index (χ0) is 11.9. The minimum Gasteiger partial charge on any atom is -0.319 e. The lowest BCUT2D eigenvalue weighted by molar-refractivity contribution is 0.673. The highest BCUT2D eigenvalue weighted by atomic mass is 15.0. The zero-order valence-corrected chi connectivity index (χ0v) is 9.85. The van der Waals surface area contributed by atoms with E-state index in [2.05, 4.69) is 29.0 Å². The molecule has 17 heavy (non-hydrogen) atoms. The fourth-order valence-corrected chi connectivity index (χ4v) is 1.97. The van der Waals surface area contributed by atoms with Crippen LogP contribution >= 0.6 is 0 Å². The zero-order valence-electron chi connectivity index (χ0n) is 9.85. The van der Waals surface area contributed by atoms with Gasteiger partial charge in [-0.15, -0.1) is 0 Å². The Morgan fingerprint density at radius 2 is 1.94 bits per heavy atom. The molecule has 0 radical (unpaired) electrons. The first-order chi connectivity index (χ1) is 8.19. The number of benzene rings is 1. The molecule has 0 unspecified atom stereocenters. The summed E-state index contributed by atoms with van der Waals surface area (Å²) in [6, 6.07) is 10.2. The number of nitrogens with two attached hydrogens (primary N) is 1. The third kappa shape index (κ3) is 1.83. The third-order valence-electron chi connectivity index (χ3n) is 3.31. The average Bonchev–Trinajstić information content (AvgIpc) is 3.10. The van der Waals surface area contributed by atoms with Crippen LogP contribution in [0.2, 0.25) is 0 Å². The van der Waals surface area contributed by atoms with Crippen molar-refractivity contribution in [2.75, 3.05) is 0 Å². The summed E-state index contributed by atoms with van der Waals surface area (Å²) in [6.07, 6.45) is 3.78. The van der Waals surface area contributed by atoms with Crippen LogP contribution in [0, 0.1) is 6.92 Å². The molecule has 3 rings (SSSR count). The smallest absolute Gasteiger partial charge is 0.148 e. The van der Waals surface area contributed by atoms with Crippen LogP contribution in [0.1, 0.15) is 24.2 Å². The molecule has 86 valence electrons. The van der Waals surface area contributed by atoms with E-state index in [9.17, 15) is 0 Å². The van der Waals surface area contributed by atoms with Crippen molar-refractivity contribution in [3.05, 3.63) is 47.9 Å². The van der Waals surface area contributed by atoms with Crippen LogP contribution < -0.4 is 5.73 Å². The fraction of sp³-hybridized carbons (Fsp3) is 0.286. The van der Waals surface area contributed by atoms with Crippen LogP contribution in [-0.2, 0) is 5.54 Å². The molecule has 1 aromatic carbocycles. The molecule has 0 aliphatic heterocycles. The van der Waals surface area contributed by atoms with Gasteiger partial charge < -0.3 is 5.73 Å². The molecule has 0 amide bonds. The summed E-state index contributed by atoms with van der Waals surface area (Å²) >= 11 is 0. The van der Waals surface area contributed by atoms with E-state index in [1.165, 1.54) is 5.56 Å². The van der Waals surface area contributed by atoms with E-state index in [4.69, 9.17) is 5.73 Å². The largest absolute Gasteiger partial charge is 0.319 e. The maximum absolute atomic E-state index is 6.13. The van der Waals surface area contributed by atoms with E-state index in [0.29, 0.717) is 0 Å². The van der Waals surface area contributed by atoms with Crippen LogP contribution in [-0.4, -0.2) is 9.97 Å². The highest BCUT2D eigenvalue weighted by Gasteiger charge is 2.43. The second kappa shape index (κ2) is 3.64. The number of hydrogen-bond donors (Lipinski definition) is 1. The van der Waals surface area contributed by atoms with E-state index >= 15 is 0 Å². The molecule has 0 spiro atoms. The lowest BCUT2D eigenvalue weighted by atomic mass is 10.1. The molecular formula is C14H15N3. The molecule has 1 fully saturated rings. The quantitative estimate of drug-likeness (QED) is 0.853. The summed E-state index contributed by atoms with van der Waals surface area (Å²) < 4.78 is 0. The van der Waals surface area contributed by atoms with Gasteiger partial charge in [0.05, 0.1) is 11.2 Å². The molecule has 1 saturated carbocycles. The summed E-state index contributed by atoms with van der Waals surface area (Å²) in [5.41, 5.74) is 9.20. The summed E-state index contributed by atoms with van der Waals surface area (Å²) in [6.45, 7) is 2.09. The van der Waals surface area contributed by atoms with Crippen molar-refractivity contribution in [1.29, 1.82) is 0 Å². The Kier molecular flexibility index (Phi) is 2.23. The SMILES string of the molecule is Cc1ccccc1-c1ccnc(C2(N)CC2)n1. The van der Waals surface area contributed by atoms with Gasteiger partial charge in [-0.2, -0.15) is 0 Å². The number of aromatic nitrogens is 2. The fourth-order valence-electron chi connectivity index (χ4n) is 1.97. The van der Waals surface area contributed by atoms with Gasteiger partial charge in [0.2, 0.25) is 0 Å². The van der Waals surface area contributed by atoms with Gasteiger partial charge in [0.15, 0.2) is 0 Å². The number of hydrogen-bond acceptors (Lipinski definition) is 3. The molecule has 0 bridgehead atoms. The van der Waals surface area contributed by atoms with Gasteiger partial charge in [-0.3, -0.25) is 0 Å². The van der Waals surface area contributed by atoms with E-state index in [1.54, 1.807) is 6.20 Å². The van der Waals surface area contributed by atoms with E-state index in [1.807, 2.05) is 18.2 Å². The molecule has 1 heterocycles. The van der Waals surface area contributed by atoms with Crippen molar-refractivity contribution in [1.82, 2.24) is 9.97 Å². The predicted octanol–water partition coefficient (Wildman–Crippen LogP) is 2.40. The minimum absolute atomic E-state index is 0.265. The van der Waals surface area contributed by atoms with Gasteiger partial charge in [-0.1, -0.05) is 24.3 Å². The molecule has 1 aromatic heterocycles. The van der Waals surface area contributed by atoms with E-state index in [0.717, 1.165) is 29.9 Å². The molecule has 2 aromatic rings.